The molecule has 0 aliphatic heterocycles. The van der Waals surface area contributed by atoms with Crippen LogP contribution in [0.3, 0.4) is 0 Å². The van der Waals surface area contributed by atoms with E-state index in [2.05, 4.69) is 14.8 Å². The van der Waals surface area contributed by atoms with E-state index in [1.165, 1.54) is 24.0 Å². The average molecular weight is 330 g/mol. The van der Waals surface area contributed by atoms with Crippen molar-refractivity contribution in [1.82, 2.24) is 14.8 Å². The lowest BCUT2D eigenvalue weighted by Gasteiger charge is -2.04. The molecule has 0 aliphatic carbocycles. The largest absolute Gasteiger partial charge is 0.481 e. The smallest absolute Gasteiger partial charge is 0.303 e. The molecule has 0 unspecified atom stereocenters. The van der Waals surface area contributed by atoms with Gasteiger partial charge in [0.25, 0.3) is 10.0 Å². The second-order valence-corrected chi connectivity index (χ2v) is 6.78. The third kappa shape index (κ3) is 4.02. The van der Waals surface area contributed by atoms with Crippen LogP contribution in [0.15, 0.2) is 22.7 Å². The summed E-state index contributed by atoms with van der Waals surface area (Å²) < 4.78 is 27.9. The van der Waals surface area contributed by atoms with Crippen molar-refractivity contribution in [2.24, 2.45) is 7.05 Å². The molecule has 0 saturated heterocycles. The fraction of sp³-hybridized carbons (Fsp3) is 0.364. The zero-order valence-electron chi connectivity index (χ0n) is 11.2. The number of carbonyl (C=O) groups is 1. The fourth-order valence-electron chi connectivity index (χ4n) is 1.68. The zero-order chi connectivity index (χ0) is 15.5. The summed E-state index contributed by atoms with van der Waals surface area (Å²) in [5.41, 5.74) is 0.670. The molecule has 0 spiro atoms. The van der Waals surface area contributed by atoms with Crippen LogP contribution in [0.5, 0.6) is 0 Å². The molecule has 0 radical (unpaired) electrons. The number of aliphatic carboxylic acids is 1. The van der Waals surface area contributed by atoms with E-state index >= 15 is 0 Å². The van der Waals surface area contributed by atoms with Gasteiger partial charge in [-0.3, -0.25) is 14.2 Å². The Morgan fingerprint density at radius 3 is 2.90 bits per heavy atom. The molecule has 0 aromatic carbocycles. The van der Waals surface area contributed by atoms with E-state index in [1.807, 2.05) is 0 Å². The van der Waals surface area contributed by atoms with Crippen molar-refractivity contribution >= 4 is 32.5 Å². The van der Waals surface area contributed by atoms with Gasteiger partial charge in [-0.15, -0.1) is 11.3 Å². The predicted molar refractivity (Wildman–Crippen MR) is 76.7 cm³/mol. The van der Waals surface area contributed by atoms with Crippen LogP contribution in [0.2, 0.25) is 0 Å². The van der Waals surface area contributed by atoms with Crippen molar-refractivity contribution in [3.63, 3.8) is 0 Å². The number of hydrogen-bond acceptors (Lipinski definition) is 6. The molecule has 21 heavy (non-hydrogen) atoms. The first-order valence-corrected chi connectivity index (χ1v) is 8.42. The van der Waals surface area contributed by atoms with E-state index in [0.717, 1.165) is 11.3 Å². The van der Waals surface area contributed by atoms with Gasteiger partial charge in [0.15, 0.2) is 10.2 Å². The molecular formula is C11H14N4O4S2. The average Bonchev–Trinajstić information content (AvgIpc) is 2.98. The van der Waals surface area contributed by atoms with Gasteiger partial charge >= 0.3 is 5.97 Å². The molecule has 0 atom stereocenters. The SMILES string of the molecule is Cn1nccc1S(=O)(=O)Nc1nc(CCCC(=O)O)cs1. The number of sulfonamides is 1. The van der Waals surface area contributed by atoms with Crippen molar-refractivity contribution < 1.29 is 18.3 Å². The number of nitrogens with zero attached hydrogens (tertiary/aromatic N) is 3. The third-order valence-electron chi connectivity index (χ3n) is 2.65. The summed E-state index contributed by atoms with van der Waals surface area (Å²) in [5.74, 6) is -0.859. The highest BCUT2D eigenvalue weighted by Gasteiger charge is 2.19. The van der Waals surface area contributed by atoms with Crippen LogP contribution < -0.4 is 4.72 Å². The first-order chi connectivity index (χ1) is 9.88. The molecule has 2 aromatic heterocycles. The summed E-state index contributed by atoms with van der Waals surface area (Å²) in [4.78, 5) is 14.6. The standard InChI is InChI=1S/C11H14N4O4S2/c1-15-9(5-6-12-15)21(18,19)14-11-13-8(7-20-11)3-2-4-10(16)17/h5-7H,2-4H2,1H3,(H,13,14)(H,16,17). The Bertz CT molecular complexity index is 735. The minimum atomic E-state index is -3.72. The molecular weight excluding hydrogens is 316 g/mol. The second kappa shape index (κ2) is 6.22. The lowest BCUT2D eigenvalue weighted by Crippen LogP contribution is -2.16. The Hall–Kier alpha value is -1.94. The van der Waals surface area contributed by atoms with Crippen LogP contribution in [0.4, 0.5) is 5.13 Å². The second-order valence-electron chi connectivity index (χ2n) is 4.29. The lowest BCUT2D eigenvalue weighted by atomic mass is 10.2. The Kier molecular flexibility index (Phi) is 4.58. The maximum atomic E-state index is 12.1. The van der Waals surface area contributed by atoms with Crippen molar-refractivity contribution in [2.45, 2.75) is 24.3 Å². The molecule has 0 fully saturated rings. The molecule has 10 heteroatoms. The summed E-state index contributed by atoms with van der Waals surface area (Å²) in [7, 11) is -2.18. The molecule has 0 bridgehead atoms. The molecule has 2 N–H and O–H groups in total. The maximum Gasteiger partial charge on any atom is 0.303 e. The Morgan fingerprint density at radius 2 is 2.29 bits per heavy atom. The van der Waals surface area contributed by atoms with Crippen LogP contribution in [0.25, 0.3) is 0 Å². The summed E-state index contributed by atoms with van der Waals surface area (Å²) in [5, 5.41) is 14.4. The molecule has 2 heterocycles. The summed E-state index contributed by atoms with van der Waals surface area (Å²) in [6.45, 7) is 0. The topological polar surface area (TPSA) is 114 Å². The van der Waals surface area contributed by atoms with Crippen LogP contribution in [0.1, 0.15) is 18.5 Å². The Labute approximate surface area is 125 Å². The summed E-state index contributed by atoms with van der Waals surface area (Å²) in [6.07, 6.45) is 2.42. The fourth-order valence-corrected chi connectivity index (χ4v) is 3.81. The van der Waals surface area contributed by atoms with Crippen molar-refractivity contribution in [2.75, 3.05) is 4.72 Å². The number of hydrogen-bond donors (Lipinski definition) is 2. The van der Waals surface area contributed by atoms with Crippen LogP contribution in [0, 0.1) is 0 Å². The minimum Gasteiger partial charge on any atom is -0.481 e. The van der Waals surface area contributed by atoms with Crippen LogP contribution in [-0.4, -0.2) is 34.3 Å². The van der Waals surface area contributed by atoms with Gasteiger partial charge in [-0.2, -0.15) is 13.5 Å². The molecule has 0 saturated carbocycles. The zero-order valence-corrected chi connectivity index (χ0v) is 12.8. The van der Waals surface area contributed by atoms with Crippen LogP contribution in [-0.2, 0) is 28.3 Å². The number of anilines is 1. The molecule has 2 aromatic rings. The lowest BCUT2D eigenvalue weighted by molar-refractivity contribution is -0.137. The number of carboxylic acid groups (broad SMARTS) is 1. The summed E-state index contributed by atoms with van der Waals surface area (Å²) in [6, 6.07) is 1.39. The van der Waals surface area contributed by atoms with Gasteiger partial charge in [-0.1, -0.05) is 0 Å². The van der Waals surface area contributed by atoms with E-state index in [1.54, 1.807) is 5.38 Å². The van der Waals surface area contributed by atoms with E-state index in [9.17, 15) is 13.2 Å². The van der Waals surface area contributed by atoms with Crippen molar-refractivity contribution in [1.29, 1.82) is 0 Å². The van der Waals surface area contributed by atoms with E-state index < -0.39 is 16.0 Å². The molecule has 8 nitrogen and oxygen atoms in total. The molecule has 114 valence electrons. The predicted octanol–water partition coefficient (Wildman–Crippen LogP) is 1.08. The number of nitrogens with one attached hydrogen (secondary N) is 1. The van der Waals surface area contributed by atoms with Gasteiger partial charge in [0, 0.05) is 18.8 Å². The van der Waals surface area contributed by atoms with Crippen LogP contribution >= 0.6 is 11.3 Å². The number of aromatic nitrogens is 3. The van der Waals surface area contributed by atoms with Crippen molar-refractivity contribution in [3.8, 4) is 0 Å². The first-order valence-electron chi connectivity index (χ1n) is 6.05. The summed E-state index contributed by atoms with van der Waals surface area (Å²) >= 11 is 1.16. The van der Waals surface area contributed by atoms with E-state index in [4.69, 9.17) is 5.11 Å². The van der Waals surface area contributed by atoms with Gasteiger partial charge in [-0.25, -0.2) is 4.98 Å². The highest BCUT2D eigenvalue weighted by Crippen LogP contribution is 2.20. The van der Waals surface area contributed by atoms with Gasteiger partial charge < -0.3 is 5.11 Å². The monoisotopic (exact) mass is 330 g/mol. The number of rotatable bonds is 7. The van der Waals surface area contributed by atoms with E-state index in [-0.39, 0.29) is 16.6 Å². The number of thiazole rings is 1. The highest BCUT2D eigenvalue weighted by atomic mass is 32.2. The molecule has 0 amide bonds. The minimum absolute atomic E-state index is 0.0464. The maximum absolute atomic E-state index is 12.1. The van der Waals surface area contributed by atoms with Gasteiger partial charge in [-0.05, 0) is 18.9 Å². The molecule has 0 aliphatic rings. The normalized spacial score (nSPS) is 11.5. The van der Waals surface area contributed by atoms with Gasteiger partial charge in [0.05, 0.1) is 11.9 Å². The third-order valence-corrected chi connectivity index (χ3v) is 5.00. The Morgan fingerprint density at radius 1 is 1.52 bits per heavy atom. The number of aryl methyl sites for hydroxylation is 2. The van der Waals surface area contributed by atoms with E-state index in [0.29, 0.717) is 18.5 Å². The number of carboxylic acids is 1. The van der Waals surface area contributed by atoms with Gasteiger partial charge in [0.1, 0.15) is 0 Å². The van der Waals surface area contributed by atoms with Crippen molar-refractivity contribution in [3.05, 3.63) is 23.3 Å². The quantitative estimate of drug-likeness (QED) is 0.785. The molecule has 2 rings (SSSR count). The highest BCUT2D eigenvalue weighted by molar-refractivity contribution is 7.92. The first kappa shape index (κ1) is 15.4. The Balaban J connectivity index is 2.02. The van der Waals surface area contributed by atoms with Gasteiger partial charge in [0.2, 0.25) is 0 Å².